The molecule has 106 valence electrons. The lowest BCUT2D eigenvalue weighted by molar-refractivity contribution is -0.142. The van der Waals surface area contributed by atoms with Gasteiger partial charge in [0.1, 0.15) is 0 Å². The quantitative estimate of drug-likeness (QED) is 0.623. The maximum absolute atomic E-state index is 10.2. The highest BCUT2D eigenvalue weighted by Crippen LogP contribution is 2.17. The third-order valence-electron chi connectivity index (χ3n) is 1.97. The van der Waals surface area contributed by atoms with E-state index in [0.717, 1.165) is 11.4 Å². The molecule has 4 nitrogen and oxygen atoms in total. The molecule has 4 heteroatoms. The Morgan fingerprint density at radius 1 is 1.33 bits per heavy atom. The van der Waals surface area contributed by atoms with Crippen LogP contribution in [0, 0.1) is 5.41 Å². The second kappa shape index (κ2) is 9.68. The summed E-state index contributed by atoms with van der Waals surface area (Å²) in [5.74, 6) is -0.123. The Morgan fingerprint density at radius 3 is 1.94 bits per heavy atom. The van der Waals surface area contributed by atoms with Gasteiger partial charge in [0.05, 0.1) is 6.61 Å². The van der Waals surface area contributed by atoms with Gasteiger partial charge in [0, 0.05) is 30.3 Å². The van der Waals surface area contributed by atoms with Gasteiger partial charge in [-0.2, -0.15) is 0 Å². The summed E-state index contributed by atoms with van der Waals surface area (Å²) in [7, 11) is 1.79. The smallest absolute Gasteiger partial charge is 0.305 e. The molecule has 0 aliphatic heterocycles. The molecule has 0 saturated carbocycles. The fourth-order valence-electron chi connectivity index (χ4n) is 1.10. The number of nitrogens with zero attached hydrogens (tertiary/aromatic N) is 1. The number of hydrogen-bond donors (Lipinski definition) is 1. The molecule has 0 atom stereocenters. The van der Waals surface area contributed by atoms with Crippen LogP contribution in [-0.4, -0.2) is 25.3 Å². The molecule has 0 radical (unpaired) electrons. The molecule has 0 amide bonds. The van der Waals surface area contributed by atoms with Gasteiger partial charge in [-0.15, -0.1) is 0 Å². The van der Waals surface area contributed by atoms with E-state index in [0.29, 0.717) is 13.0 Å². The van der Waals surface area contributed by atoms with E-state index in [-0.39, 0.29) is 11.4 Å². The summed E-state index contributed by atoms with van der Waals surface area (Å²) in [4.78, 5) is 14.3. The highest BCUT2D eigenvalue weighted by molar-refractivity contribution is 5.99. The van der Waals surface area contributed by atoms with Crippen molar-refractivity contribution >= 4 is 11.7 Å². The lowest BCUT2D eigenvalue weighted by Crippen LogP contribution is -2.19. The van der Waals surface area contributed by atoms with Crippen LogP contribution in [0.2, 0.25) is 0 Å². The van der Waals surface area contributed by atoms with Crippen LogP contribution in [0.15, 0.2) is 16.8 Å². The van der Waals surface area contributed by atoms with E-state index in [1.807, 2.05) is 13.0 Å². The van der Waals surface area contributed by atoms with Gasteiger partial charge in [-0.25, -0.2) is 0 Å². The maximum Gasteiger partial charge on any atom is 0.305 e. The van der Waals surface area contributed by atoms with E-state index in [1.54, 1.807) is 20.9 Å². The standard InChI is InChI=1S/C9H18N2.C5H10O2/c1-7(10)6-8(11-5)9(2,3)4;1-3-5(6)7-4-2/h6H,10H2,1-5H3;3-4H2,1-2H3/b7-6+,11-8?;. The molecule has 0 aromatic rings. The predicted octanol–water partition coefficient (Wildman–Crippen LogP) is 2.93. The van der Waals surface area contributed by atoms with Gasteiger partial charge < -0.3 is 10.5 Å². The van der Waals surface area contributed by atoms with E-state index in [4.69, 9.17) is 5.73 Å². The number of ether oxygens (including phenoxy) is 1. The van der Waals surface area contributed by atoms with Gasteiger partial charge in [0.25, 0.3) is 0 Å². The minimum Gasteiger partial charge on any atom is -0.466 e. The Bertz CT molecular complexity index is 295. The zero-order valence-electron chi connectivity index (χ0n) is 12.8. The minimum atomic E-state index is -0.123. The van der Waals surface area contributed by atoms with Crippen LogP contribution in [0.1, 0.15) is 48.0 Å². The van der Waals surface area contributed by atoms with Crippen LogP contribution in [0.3, 0.4) is 0 Å². The zero-order chi connectivity index (χ0) is 14.8. The molecule has 18 heavy (non-hydrogen) atoms. The van der Waals surface area contributed by atoms with Gasteiger partial charge in [0.15, 0.2) is 0 Å². The van der Waals surface area contributed by atoms with E-state index < -0.39 is 0 Å². The molecule has 2 N–H and O–H groups in total. The average Bonchev–Trinajstić information content (AvgIpc) is 2.25. The van der Waals surface area contributed by atoms with Crippen molar-refractivity contribution in [2.24, 2.45) is 16.1 Å². The Balaban J connectivity index is 0. The van der Waals surface area contributed by atoms with Crippen LogP contribution in [0.5, 0.6) is 0 Å². The fraction of sp³-hybridized carbons (Fsp3) is 0.714. The molecule has 0 aliphatic carbocycles. The number of esters is 1. The van der Waals surface area contributed by atoms with Crippen molar-refractivity contribution in [3.63, 3.8) is 0 Å². The molecule has 0 aromatic carbocycles. The van der Waals surface area contributed by atoms with Crippen molar-refractivity contribution in [2.45, 2.75) is 48.0 Å². The molecule has 0 bridgehead atoms. The SMILES string of the molecule is CCOC(=O)CC.CN=C(/C=C(\C)N)C(C)(C)C. The van der Waals surface area contributed by atoms with Gasteiger partial charge in [0.2, 0.25) is 0 Å². The van der Waals surface area contributed by atoms with E-state index in [2.05, 4.69) is 30.5 Å². The molecule has 0 fully saturated rings. The molecule has 0 spiro atoms. The summed E-state index contributed by atoms with van der Waals surface area (Å²) < 4.78 is 4.55. The molecule has 0 aliphatic rings. The van der Waals surface area contributed by atoms with Crippen LogP contribution < -0.4 is 5.73 Å². The first-order valence-corrected chi connectivity index (χ1v) is 6.25. The van der Waals surface area contributed by atoms with Gasteiger partial charge in [-0.1, -0.05) is 27.7 Å². The van der Waals surface area contributed by atoms with E-state index in [1.165, 1.54) is 0 Å². The average molecular weight is 256 g/mol. The zero-order valence-corrected chi connectivity index (χ0v) is 12.8. The largest absolute Gasteiger partial charge is 0.466 e. The van der Waals surface area contributed by atoms with Crippen molar-refractivity contribution in [2.75, 3.05) is 13.7 Å². The first-order valence-electron chi connectivity index (χ1n) is 6.25. The number of carbonyl (C=O) groups excluding carboxylic acids is 1. The minimum absolute atomic E-state index is 0.0926. The number of aliphatic imine (C=N–C) groups is 1. The van der Waals surface area contributed by atoms with Crippen molar-refractivity contribution in [1.82, 2.24) is 0 Å². The molecular formula is C14H28N2O2. The first-order chi connectivity index (χ1) is 8.18. The number of allylic oxidation sites excluding steroid dienone is 2. The Kier molecular flexibility index (Phi) is 10.2. The third-order valence-corrected chi connectivity index (χ3v) is 1.97. The fourth-order valence-corrected chi connectivity index (χ4v) is 1.10. The molecule has 0 heterocycles. The number of hydrogen-bond acceptors (Lipinski definition) is 4. The van der Waals surface area contributed by atoms with Crippen LogP contribution in [0.4, 0.5) is 0 Å². The number of rotatable bonds is 3. The molecule has 0 unspecified atom stereocenters. The summed E-state index contributed by atoms with van der Waals surface area (Å²) in [5, 5.41) is 0. The highest BCUT2D eigenvalue weighted by Gasteiger charge is 2.15. The summed E-state index contributed by atoms with van der Waals surface area (Å²) in [6.07, 6.45) is 2.40. The second-order valence-corrected chi connectivity index (χ2v) is 4.91. The van der Waals surface area contributed by atoms with Crippen LogP contribution >= 0.6 is 0 Å². The van der Waals surface area contributed by atoms with Crippen molar-refractivity contribution in [3.05, 3.63) is 11.8 Å². The van der Waals surface area contributed by atoms with E-state index >= 15 is 0 Å². The van der Waals surface area contributed by atoms with Gasteiger partial charge in [-0.3, -0.25) is 9.79 Å². The summed E-state index contributed by atoms with van der Waals surface area (Å²) in [6, 6.07) is 0. The van der Waals surface area contributed by atoms with Crippen molar-refractivity contribution in [3.8, 4) is 0 Å². The maximum atomic E-state index is 10.2. The van der Waals surface area contributed by atoms with Crippen molar-refractivity contribution < 1.29 is 9.53 Å². The highest BCUT2D eigenvalue weighted by atomic mass is 16.5. The topological polar surface area (TPSA) is 64.7 Å². The molecule has 0 saturated heterocycles. The molecular weight excluding hydrogens is 228 g/mol. The second-order valence-electron chi connectivity index (χ2n) is 4.91. The first kappa shape index (κ1) is 19.0. The lowest BCUT2D eigenvalue weighted by Gasteiger charge is -2.18. The Hall–Kier alpha value is -1.32. The predicted molar refractivity (Wildman–Crippen MR) is 77.7 cm³/mol. The third kappa shape index (κ3) is 11.2. The normalized spacial score (nSPS) is 12.6. The summed E-state index contributed by atoms with van der Waals surface area (Å²) >= 11 is 0. The van der Waals surface area contributed by atoms with Gasteiger partial charge in [-0.05, 0) is 19.9 Å². The van der Waals surface area contributed by atoms with Crippen LogP contribution in [0.25, 0.3) is 0 Å². The van der Waals surface area contributed by atoms with Crippen LogP contribution in [-0.2, 0) is 9.53 Å². The summed E-state index contributed by atoms with van der Waals surface area (Å²) in [5.41, 5.74) is 7.48. The molecule has 0 aromatic heterocycles. The Labute approximate surface area is 111 Å². The van der Waals surface area contributed by atoms with Crippen molar-refractivity contribution in [1.29, 1.82) is 0 Å². The summed E-state index contributed by atoms with van der Waals surface area (Å²) in [6.45, 7) is 12.3. The number of nitrogens with two attached hydrogens (primary N) is 1. The van der Waals surface area contributed by atoms with E-state index in [9.17, 15) is 4.79 Å². The molecule has 0 rings (SSSR count). The lowest BCUT2D eigenvalue weighted by atomic mass is 9.89. The van der Waals surface area contributed by atoms with Gasteiger partial charge >= 0.3 is 5.97 Å². The monoisotopic (exact) mass is 256 g/mol. The number of carbonyl (C=O) groups is 1. The Morgan fingerprint density at radius 2 is 1.83 bits per heavy atom.